The molecule has 33 heavy (non-hydrogen) atoms. The van der Waals surface area contributed by atoms with E-state index >= 15 is 0 Å². The zero-order chi connectivity index (χ0) is 22.8. The fraction of sp³-hybridized carbons (Fsp3) is 0.0385. The van der Waals surface area contributed by atoms with Crippen molar-refractivity contribution in [2.24, 2.45) is 0 Å². The molecule has 7 heteroatoms. The van der Waals surface area contributed by atoms with Crippen LogP contribution in [0.25, 0.3) is 38.6 Å². The lowest BCUT2D eigenvalue weighted by molar-refractivity contribution is 0.417. The van der Waals surface area contributed by atoms with Gasteiger partial charge >= 0.3 is 5.63 Å². The van der Waals surface area contributed by atoms with Gasteiger partial charge in [-0.2, -0.15) is 5.26 Å². The van der Waals surface area contributed by atoms with Gasteiger partial charge in [-0.05, 0) is 35.0 Å². The minimum absolute atomic E-state index is 0.341. The second-order valence-electron chi connectivity index (χ2n) is 7.20. The van der Waals surface area contributed by atoms with Gasteiger partial charge < -0.3 is 14.5 Å². The number of hydrogen-bond acceptors (Lipinski definition) is 7. The predicted molar refractivity (Wildman–Crippen MR) is 131 cm³/mol. The molecule has 0 saturated carbocycles. The highest BCUT2D eigenvalue weighted by Gasteiger charge is 2.15. The van der Waals surface area contributed by atoms with Crippen molar-refractivity contribution in [1.29, 1.82) is 5.26 Å². The Labute approximate surface area is 193 Å². The van der Waals surface area contributed by atoms with Gasteiger partial charge in [0.15, 0.2) is 0 Å². The number of hydrogen-bond donors (Lipinski definition) is 1. The molecular weight excluding hydrogens is 434 g/mol. The average Bonchev–Trinajstić information content (AvgIpc) is 3.34. The maximum Gasteiger partial charge on any atom is 0.345 e. The van der Waals surface area contributed by atoms with E-state index in [0.717, 1.165) is 21.8 Å². The van der Waals surface area contributed by atoms with Crippen molar-refractivity contribution in [3.05, 3.63) is 93.7 Å². The van der Waals surface area contributed by atoms with Crippen LogP contribution in [0, 0.1) is 11.3 Å². The third-order valence-corrected chi connectivity index (χ3v) is 6.13. The first-order chi connectivity index (χ1) is 16.2. The van der Waals surface area contributed by atoms with E-state index < -0.39 is 5.63 Å². The van der Waals surface area contributed by atoms with Crippen LogP contribution in [0.1, 0.15) is 5.01 Å². The number of allylic oxidation sites excluding steroid dienone is 1. The smallest absolute Gasteiger partial charge is 0.345 e. The minimum atomic E-state index is -0.468. The van der Waals surface area contributed by atoms with Gasteiger partial charge in [0, 0.05) is 17.0 Å². The molecule has 0 spiro atoms. The van der Waals surface area contributed by atoms with Crippen LogP contribution in [0.4, 0.5) is 5.69 Å². The van der Waals surface area contributed by atoms with Gasteiger partial charge in [0.25, 0.3) is 0 Å². The highest BCUT2D eigenvalue weighted by molar-refractivity contribution is 7.11. The van der Waals surface area contributed by atoms with Crippen LogP contribution in [0.15, 0.2) is 87.5 Å². The van der Waals surface area contributed by atoms with Crippen molar-refractivity contribution in [1.82, 2.24) is 4.98 Å². The number of methoxy groups -OCH3 is 1. The molecule has 0 bridgehead atoms. The number of aromatic nitrogens is 1. The zero-order valence-corrected chi connectivity index (χ0v) is 18.3. The number of anilines is 1. The third-order valence-electron chi connectivity index (χ3n) is 5.25. The van der Waals surface area contributed by atoms with E-state index in [2.05, 4.69) is 16.4 Å². The van der Waals surface area contributed by atoms with Gasteiger partial charge in [0.2, 0.25) is 0 Å². The highest BCUT2D eigenvalue weighted by Crippen LogP contribution is 2.30. The Morgan fingerprint density at radius 2 is 1.94 bits per heavy atom. The second kappa shape index (κ2) is 8.61. The SMILES string of the molecule is COc1ccccc1NC=C(C#N)c1nc(-c2cc3c(ccc4ccccc43)oc2=O)cs1. The number of nitriles is 1. The van der Waals surface area contributed by atoms with Crippen LogP contribution < -0.4 is 15.7 Å². The number of nitrogens with one attached hydrogen (secondary N) is 1. The Kier molecular flexibility index (Phi) is 5.35. The lowest BCUT2D eigenvalue weighted by Gasteiger charge is -2.07. The maximum atomic E-state index is 12.7. The predicted octanol–water partition coefficient (Wildman–Crippen LogP) is 6.05. The number of nitrogens with zero attached hydrogens (tertiary/aromatic N) is 2. The Balaban J connectivity index is 1.53. The average molecular weight is 452 g/mol. The summed E-state index contributed by atoms with van der Waals surface area (Å²) in [7, 11) is 1.58. The Morgan fingerprint density at radius 3 is 2.79 bits per heavy atom. The van der Waals surface area contributed by atoms with Gasteiger partial charge in [-0.25, -0.2) is 9.78 Å². The summed E-state index contributed by atoms with van der Waals surface area (Å²) in [6.45, 7) is 0. The molecule has 5 rings (SSSR count). The van der Waals surface area contributed by atoms with Gasteiger partial charge in [0.05, 0.1) is 24.1 Å². The maximum absolute atomic E-state index is 12.7. The Hall–Kier alpha value is -4.41. The molecule has 0 aliphatic rings. The van der Waals surface area contributed by atoms with Crippen LogP contribution >= 0.6 is 11.3 Å². The molecule has 0 fully saturated rings. The fourth-order valence-electron chi connectivity index (χ4n) is 3.63. The second-order valence-corrected chi connectivity index (χ2v) is 8.06. The van der Waals surface area contributed by atoms with Gasteiger partial charge in [-0.3, -0.25) is 0 Å². The summed E-state index contributed by atoms with van der Waals surface area (Å²) in [5.41, 5.74) is 1.95. The molecule has 0 aliphatic heterocycles. The number of ether oxygens (including phenoxy) is 1. The summed E-state index contributed by atoms with van der Waals surface area (Å²) in [4.78, 5) is 17.2. The molecule has 2 aromatic heterocycles. The molecule has 6 nitrogen and oxygen atoms in total. The molecule has 5 aromatic rings. The fourth-order valence-corrected chi connectivity index (χ4v) is 4.41. The molecule has 1 N–H and O–H groups in total. The van der Waals surface area contributed by atoms with Crippen molar-refractivity contribution >= 4 is 44.3 Å². The number of para-hydroxylation sites is 2. The number of fused-ring (bicyclic) bond motifs is 3. The molecular formula is C26H17N3O3S. The van der Waals surface area contributed by atoms with Gasteiger partial charge in [0.1, 0.15) is 28.0 Å². The third kappa shape index (κ3) is 3.84. The van der Waals surface area contributed by atoms with E-state index in [-0.39, 0.29) is 0 Å². The van der Waals surface area contributed by atoms with Crippen molar-refractivity contribution in [3.8, 4) is 23.1 Å². The normalized spacial score (nSPS) is 11.5. The van der Waals surface area contributed by atoms with E-state index in [1.807, 2.05) is 60.7 Å². The standard InChI is InChI=1S/C26H17N3O3S/c1-31-24-9-5-4-8-21(24)28-14-17(13-27)25-29-22(15-33-25)20-12-19-18-7-3-2-6-16(18)10-11-23(19)32-26(20)30/h2-12,14-15,28H,1H3. The minimum Gasteiger partial charge on any atom is -0.495 e. The van der Waals surface area contributed by atoms with Crippen molar-refractivity contribution in [3.63, 3.8) is 0 Å². The van der Waals surface area contributed by atoms with Crippen LogP contribution in [0.3, 0.4) is 0 Å². The van der Waals surface area contributed by atoms with Crippen LogP contribution in [-0.2, 0) is 0 Å². The zero-order valence-electron chi connectivity index (χ0n) is 17.5. The monoisotopic (exact) mass is 451 g/mol. The largest absolute Gasteiger partial charge is 0.495 e. The first-order valence-electron chi connectivity index (χ1n) is 10.1. The van der Waals surface area contributed by atoms with E-state index in [0.29, 0.717) is 33.2 Å². The number of rotatable bonds is 5. The quantitative estimate of drug-likeness (QED) is 0.199. The Bertz CT molecular complexity index is 1630. The summed E-state index contributed by atoms with van der Waals surface area (Å²) in [6.07, 6.45) is 1.58. The first kappa shape index (κ1) is 20.5. The number of benzene rings is 3. The number of thiazole rings is 1. The van der Waals surface area contributed by atoms with Crippen molar-refractivity contribution < 1.29 is 9.15 Å². The summed E-state index contributed by atoms with van der Waals surface area (Å²) in [5.74, 6) is 0.659. The van der Waals surface area contributed by atoms with Crippen molar-refractivity contribution in [2.45, 2.75) is 0 Å². The lowest BCUT2D eigenvalue weighted by Crippen LogP contribution is -2.03. The molecule has 0 unspecified atom stereocenters. The molecule has 3 aromatic carbocycles. The van der Waals surface area contributed by atoms with Crippen LogP contribution in [0.2, 0.25) is 0 Å². The molecule has 0 radical (unpaired) electrons. The topological polar surface area (TPSA) is 88.2 Å². The molecule has 2 heterocycles. The first-order valence-corrected chi connectivity index (χ1v) is 11.0. The summed E-state index contributed by atoms with van der Waals surface area (Å²) < 4.78 is 10.9. The highest BCUT2D eigenvalue weighted by atomic mass is 32.1. The molecule has 0 atom stereocenters. The van der Waals surface area contributed by atoms with Crippen molar-refractivity contribution in [2.75, 3.05) is 12.4 Å². The van der Waals surface area contributed by atoms with Gasteiger partial charge in [-0.15, -0.1) is 11.3 Å². The van der Waals surface area contributed by atoms with E-state index in [1.165, 1.54) is 11.3 Å². The van der Waals surface area contributed by atoms with Crippen LogP contribution in [0.5, 0.6) is 5.75 Å². The van der Waals surface area contributed by atoms with E-state index in [4.69, 9.17) is 9.15 Å². The summed E-state index contributed by atoms with van der Waals surface area (Å²) >= 11 is 1.29. The molecule has 0 saturated heterocycles. The van der Waals surface area contributed by atoms with Crippen LogP contribution in [-0.4, -0.2) is 12.1 Å². The van der Waals surface area contributed by atoms with Gasteiger partial charge in [-0.1, -0.05) is 42.5 Å². The lowest BCUT2D eigenvalue weighted by atomic mass is 10.0. The Morgan fingerprint density at radius 1 is 1.12 bits per heavy atom. The molecule has 0 amide bonds. The van der Waals surface area contributed by atoms with E-state index in [1.54, 1.807) is 24.8 Å². The van der Waals surface area contributed by atoms with E-state index in [9.17, 15) is 10.1 Å². The summed E-state index contributed by atoms with van der Waals surface area (Å²) in [6, 6.07) is 23.0. The molecule has 0 aliphatic carbocycles. The molecule has 160 valence electrons. The summed E-state index contributed by atoms with van der Waals surface area (Å²) in [5, 5.41) is 17.9.